The normalized spacial score (nSPS) is 25.5. The molecule has 0 spiro atoms. The van der Waals surface area contributed by atoms with Gasteiger partial charge < -0.3 is 5.32 Å². The molecule has 0 aliphatic heterocycles. The van der Waals surface area contributed by atoms with Gasteiger partial charge in [0.1, 0.15) is 5.78 Å². The summed E-state index contributed by atoms with van der Waals surface area (Å²) < 4.78 is 0. The van der Waals surface area contributed by atoms with E-state index in [2.05, 4.69) is 67.5 Å². The van der Waals surface area contributed by atoms with Gasteiger partial charge in [0.2, 0.25) is 0 Å². The molecule has 2 fully saturated rings. The number of Topliss-reactive ketones (excluding diaryl/α,β-unsaturated/α-hetero) is 1. The van der Waals surface area contributed by atoms with Crippen molar-refractivity contribution in [1.82, 2.24) is 0 Å². The number of hydrogen-bond donors (Lipinski definition) is 1. The largest absolute Gasteiger partial charge is 0.377 e. The van der Waals surface area contributed by atoms with Gasteiger partial charge >= 0.3 is 0 Å². The predicted molar refractivity (Wildman–Crippen MR) is 128 cm³/mol. The summed E-state index contributed by atoms with van der Waals surface area (Å²) in [5.41, 5.74) is 3.81. The van der Waals surface area contributed by atoms with E-state index in [4.69, 9.17) is 0 Å². The number of nitrogens with one attached hydrogen (secondary N) is 1. The zero-order valence-electron chi connectivity index (χ0n) is 18.8. The molecular formula is C26H34N2OS. The van der Waals surface area contributed by atoms with Gasteiger partial charge in [-0.05, 0) is 61.6 Å². The number of thiophene rings is 1. The van der Waals surface area contributed by atoms with E-state index in [-0.39, 0.29) is 5.41 Å². The Kier molecular flexibility index (Phi) is 5.89. The highest BCUT2D eigenvalue weighted by molar-refractivity contribution is 7.18. The van der Waals surface area contributed by atoms with E-state index in [1.54, 1.807) is 11.3 Å². The molecule has 2 saturated carbocycles. The molecule has 1 aromatic heterocycles. The molecule has 0 amide bonds. The van der Waals surface area contributed by atoms with Crippen LogP contribution in [0, 0.1) is 23.7 Å². The van der Waals surface area contributed by atoms with Crippen LogP contribution in [0.1, 0.15) is 68.4 Å². The summed E-state index contributed by atoms with van der Waals surface area (Å²) in [5.74, 6) is 1.12. The summed E-state index contributed by atoms with van der Waals surface area (Å²) in [6, 6.07) is 12.7. The van der Waals surface area contributed by atoms with Gasteiger partial charge in [-0.25, -0.2) is 0 Å². The summed E-state index contributed by atoms with van der Waals surface area (Å²) in [6.45, 7) is 7.79. The molecule has 2 aromatic rings. The molecule has 2 unspecified atom stereocenters. The number of ketones is 1. The van der Waals surface area contributed by atoms with Gasteiger partial charge in [0.15, 0.2) is 0 Å². The first-order valence-corrected chi connectivity index (χ1v) is 12.1. The molecular weight excluding hydrogens is 388 g/mol. The van der Waals surface area contributed by atoms with Crippen molar-refractivity contribution >= 4 is 27.8 Å². The average Bonchev–Trinajstić information content (AvgIpc) is 3.17. The van der Waals surface area contributed by atoms with Crippen molar-refractivity contribution < 1.29 is 4.79 Å². The van der Waals surface area contributed by atoms with Gasteiger partial charge in [0, 0.05) is 31.0 Å². The summed E-state index contributed by atoms with van der Waals surface area (Å²) in [4.78, 5) is 18.3. The Morgan fingerprint density at radius 3 is 2.73 bits per heavy atom. The summed E-state index contributed by atoms with van der Waals surface area (Å²) >= 11 is 1.76. The van der Waals surface area contributed by atoms with E-state index in [0.29, 0.717) is 17.1 Å². The molecule has 0 radical (unpaired) electrons. The van der Waals surface area contributed by atoms with Crippen LogP contribution >= 0.6 is 11.3 Å². The van der Waals surface area contributed by atoms with Crippen molar-refractivity contribution in [1.29, 1.82) is 0 Å². The van der Waals surface area contributed by atoms with Crippen LogP contribution in [0.3, 0.4) is 0 Å². The molecule has 4 heteroatoms. The molecule has 1 N–H and O–H groups in total. The fraction of sp³-hybridized carbons (Fsp3) is 0.538. The van der Waals surface area contributed by atoms with Crippen LogP contribution in [0.5, 0.6) is 0 Å². The second kappa shape index (κ2) is 8.30. The summed E-state index contributed by atoms with van der Waals surface area (Å²) in [5, 5.41) is 4.77. The van der Waals surface area contributed by atoms with E-state index in [0.717, 1.165) is 37.9 Å². The van der Waals surface area contributed by atoms with E-state index in [1.165, 1.54) is 33.8 Å². The highest BCUT2D eigenvalue weighted by Crippen LogP contribution is 2.62. The Bertz CT molecular complexity index is 957. The third-order valence-electron chi connectivity index (χ3n) is 7.56. The smallest absolute Gasteiger partial charge is 0.139 e. The predicted octanol–water partition coefficient (Wildman–Crippen LogP) is 6.50. The van der Waals surface area contributed by atoms with E-state index in [1.807, 2.05) is 7.05 Å². The average molecular weight is 423 g/mol. The molecule has 4 rings (SSSR count). The maximum Gasteiger partial charge on any atom is 0.139 e. The number of anilines is 1. The standard InChI is InChI=1S/C26H34N2OS/c1-18-9-5-6-10-19(18)24(27-4)20-11-12-23(30-20)28-16-8-15-26-14-7-13-25(2,3)21(26)17-22(26)29/h5-6,9-12,21,28H,7-8,13-17H2,1-4H3. The number of rotatable bonds is 7. The third kappa shape index (κ3) is 3.75. The lowest BCUT2D eigenvalue weighted by atomic mass is 9.44. The highest BCUT2D eigenvalue weighted by Gasteiger charge is 2.60. The van der Waals surface area contributed by atoms with Gasteiger partial charge in [-0.15, -0.1) is 11.3 Å². The number of nitrogens with zero attached hydrogens (tertiary/aromatic N) is 1. The molecule has 30 heavy (non-hydrogen) atoms. The molecule has 0 bridgehead atoms. The topological polar surface area (TPSA) is 41.5 Å². The molecule has 1 heterocycles. The van der Waals surface area contributed by atoms with Crippen LogP contribution in [0.2, 0.25) is 0 Å². The van der Waals surface area contributed by atoms with Crippen LogP contribution in [0.25, 0.3) is 0 Å². The van der Waals surface area contributed by atoms with Gasteiger partial charge in [0.05, 0.1) is 15.6 Å². The molecule has 2 aliphatic rings. The highest BCUT2D eigenvalue weighted by atomic mass is 32.1. The Morgan fingerprint density at radius 1 is 1.20 bits per heavy atom. The third-order valence-corrected chi connectivity index (χ3v) is 8.61. The quantitative estimate of drug-likeness (QED) is 0.409. The molecule has 1 aromatic carbocycles. The lowest BCUT2D eigenvalue weighted by Gasteiger charge is -2.58. The van der Waals surface area contributed by atoms with Crippen molar-refractivity contribution in [2.24, 2.45) is 21.7 Å². The Morgan fingerprint density at radius 2 is 2.00 bits per heavy atom. The molecule has 2 atom stereocenters. The number of carbonyl (C=O) groups excluding carboxylic acids is 1. The van der Waals surface area contributed by atoms with E-state index < -0.39 is 0 Å². The molecule has 0 saturated heterocycles. The summed E-state index contributed by atoms with van der Waals surface area (Å²) in [7, 11) is 1.87. The minimum absolute atomic E-state index is 0.0170. The first kappa shape index (κ1) is 21.3. The zero-order chi connectivity index (χ0) is 21.4. The van der Waals surface area contributed by atoms with E-state index >= 15 is 0 Å². The van der Waals surface area contributed by atoms with Gasteiger partial charge in [-0.2, -0.15) is 0 Å². The number of aliphatic imine (C=N–C) groups is 1. The van der Waals surface area contributed by atoms with Crippen molar-refractivity contribution in [2.45, 2.75) is 59.3 Å². The second-order valence-electron chi connectivity index (χ2n) is 9.76. The fourth-order valence-electron chi connectivity index (χ4n) is 5.84. The lowest BCUT2D eigenvalue weighted by molar-refractivity contribution is -0.164. The minimum Gasteiger partial charge on any atom is -0.377 e. The van der Waals surface area contributed by atoms with Crippen molar-refractivity contribution in [3.63, 3.8) is 0 Å². The Hall–Kier alpha value is -1.94. The summed E-state index contributed by atoms with van der Waals surface area (Å²) in [6.07, 6.45) is 6.48. The number of carbonyl (C=O) groups is 1. The monoisotopic (exact) mass is 422 g/mol. The van der Waals surface area contributed by atoms with Crippen LogP contribution in [0.4, 0.5) is 5.00 Å². The molecule has 3 nitrogen and oxygen atoms in total. The number of aryl methyl sites for hydroxylation is 1. The van der Waals surface area contributed by atoms with Crippen LogP contribution in [-0.2, 0) is 4.79 Å². The molecule has 160 valence electrons. The van der Waals surface area contributed by atoms with Crippen LogP contribution in [0.15, 0.2) is 41.4 Å². The lowest BCUT2D eigenvalue weighted by Crippen LogP contribution is -2.58. The van der Waals surface area contributed by atoms with Crippen LogP contribution < -0.4 is 5.32 Å². The zero-order valence-corrected chi connectivity index (χ0v) is 19.6. The molecule has 2 aliphatic carbocycles. The van der Waals surface area contributed by atoms with Crippen molar-refractivity contribution in [2.75, 3.05) is 18.9 Å². The Balaban J connectivity index is 1.35. The van der Waals surface area contributed by atoms with Crippen molar-refractivity contribution in [3.8, 4) is 0 Å². The number of fused-ring (bicyclic) bond motifs is 1. The first-order valence-electron chi connectivity index (χ1n) is 11.3. The number of benzene rings is 1. The van der Waals surface area contributed by atoms with Gasteiger partial charge in [-0.3, -0.25) is 9.79 Å². The van der Waals surface area contributed by atoms with Crippen LogP contribution in [-0.4, -0.2) is 25.1 Å². The van der Waals surface area contributed by atoms with Gasteiger partial charge in [-0.1, -0.05) is 44.5 Å². The minimum atomic E-state index is -0.0170. The maximum atomic E-state index is 12.6. The van der Waals surface area contributed by atoms with E-state index in [9.17, 15) is 4.79 Å². The second-order valence-corrected chi connectivity index (χ2v) is 10.8. The number of hydrogen-bond acceptors (Lipinski definition) is 4. The SMILES string of the molecule is CN=C(c1ccc(NCCCC23CCCC(C)(C)C2CC3=O)s1)c1ccccc1C. The van der Waals surface area contributed by atoms with Gasteiger partial charge in [0.25, 0.3) is 0 Å². The maximum absolute atomic E-state index is 12.6. The Labute approximate surface area is 185 Å². The first-order chi connectivity index (χ1) is 14.4. The fourth-order valence-corrected chi connectivity index (χ4v) is 6.82. The van der Waals surface area contributed by atoms with Crippen molar-refractivity contribution in [3.05, 3.63) is 52.4 Å².